The smallest absolute Gasteiger partial charge is 0.219 e. The Kier molecular flexibility index (Phi) is 6.45. The van der Waals surface area contributed by atoms with Gasteiger partial charge in [-0.15, -0.1) is 0 Å². The fourth-order valence-corrected chi connectivity index (χ4v) is 5.02. The molecule has 2 aromatic heterocycles. The summed E-state index contributed by atoms with van der Waals surface area (Å²) in [6, 6.07) is 7.76. The monoisotopic (exact) mass is 491 g/mol. The van der Waals surface area contributed by atoms with E-state index in [2.05, 4.69) is 19.9 Å². The summed E-state index contributed by atoms with van der Waals surface area (Å²) in [5, 5.41) is 0. The first-order chi connectivity index (χ1) is 17.4. The van der Waals surface area contributed by atoms with E-state index in [-0.39, 0.29) is 12.3 Å². The summed E-state index contributed by atoms with van der Waals surface area (Å²) in [6.07, 6.45) is 7.94. The number of amides is 2. The second-order valence-corrected chi connectivity index (χ2v) is 9.14. The Morgan fingerprint density at radius 1 is 1.08 bits per heavy atom. The Morgan fingerprint density at radius 3 is 2.64 bits per heavy atom. The molecule has 0 spiro atoms. The molecule has 0 radical (unpaired) electrons. The van der Waals surface area contributed by atoms with Gasteiger partial charge < -0.3 is 25.0 Å². The lowest BCUT2D eigenvalue weighted by Crippen LogP contribution is -2.65. The zero-order chi connectivity index (χ0) is 25.1. The van der Waals surface area contributed by atoms with Gasteiger partial charge in [-0.2, -0.15) is 0 Å². The molecule has 0 bridgehead atoms. The van der Waals surface area contributed by atoms with Crippen molar-refractivity contribution in [3.05, 3.63) is 54.9 Å². The molecule has 2 N–H and O–H groups in total. The number of fused-ring (bicyclic) bond motifs is 1. The van der Waals surface area contributed by atoms with Gasteiger partial charge in [-0.3, -0.25) is 14.2 Å². The summed E-state index contributed by atoms with van der Waals surface area (Å²) in [6.45, 7) is 3.98. The van der Waals surface area contributed by atoms with E-state index >= 15 is 0 Å². The van der Waals surface area contributed by atoms with E-state index in [4.69, 9.17) is 15.2 Å². The molecule has 2 aliphatic rings. The average Bonchev–Trinajstić information content (AvgIpc) is 3.42. The van der Waals surface area contributed by atoms with E-state index in [0.29, 0.717) is 63.1 Å². The summed E-state index contributed by atoms with van der Waals surface area (Å²) < 4.78 is 13.2. The highest BCUT2D eigenvalue weighted by Gasteiger charge is 2.44. The second kappa shape index (κ2) is 9.84. The normalized spacial score (nSPS) is 19.2. The number of aryl methyl sites for hydroxylation is 1. The number of imidazole rings is 1. The highest BCUT2D eigenvalue weighted by atomic mass is 16.6. The predicted molar refractivity (Wildman–Crippen MR) is 131 cm³/mol. The maximum absolute atomic E-state index is 12.4. The molecule has 2 amide bonds. The first kappa shape index (κ1) is 23.6. The fraction of sp³-hybridized carbons (Fsp3) is 0.400. The Bertz CT molecular complexity index is 1250. The van der Waals surface area contributed by atoms with Crippen molar-refractivity contribution in [3.8, 4) is 17.3 Å². The van der Waals surface area contributed by atoms with Crippen LogP contribution in [0.5, 0.6) is 11.5 Å². The van der Waals surface area contributed by atoms with Crippen LogP contribution in [-0.2, 0) is 16.0 Å². The van der Waals surface area contributed by atoms with E-state index in [1.165, 1.54) is 6.33 Å². The molecule has 2 aliphatic heterocycles. The standard InChI is InChI=1S/C25H29N7O4/c1-18(33)30-8-9-32(24-13-23(28-16-29-24)31-7-6-27-17-31)25(15-30,14-22(26)34)5-4-19-2-3-20-21(12-19)36-11-10-35-20/h2-3,6-7,12-13,16-17H,4-5,8-11,14-15H2,1H3,(H2,26,34). The Balaban J connectivity index is 1.49. The van der Waals surface area contributed by atoms with E-state index in [9.17, 15) is 9.59 Å². The van der Waals surface area contributed by atoms with Gasteiger partial charge in [0.25, 0.3) is 0 Å². The van der Waals surface area contributed by atoms with Gasteiger partial charge in [0.05, 0.1) is 12.0 Å². The average molecular weight is 492 g/mol. The lowest BCUT2D eigenvalue weighted by atomic mass is 9.83. The van der Waals surface area contributed by atoms with Crippen LogP contribution in [0.15, 0.2) is 49.3 Å². The van der Waals surface area contributed by atoms with Gasteiger partial charge in [-0.05, 0) is 30.5 Å². The molecule has 36 heavy (non-hydrogen) atoms. The number of primary amides is 1. The maximum atomic E-state index is 12.4. The number of nitrogens with two attached hydrogens (primary N) is 1. The van der Waals surface area contributed by atoms with Gasteiger partial charge in [0.1, 0.15) is 37.5 Å². The Morgan fingerprint density at radius 2 is 1.89 bits per heavy atom. The van der Waals surface area contributed by atoms with Gasteiger partial charge >= 0.3 is 0 Å². The van der Waals surface area contributed by atoms with Crippen LogP contribution in [0.25, 0.3) is 5.82 Å². The van der Waals surface area contributed by atoms with Crippen molar-refractivity contribution in [2.24, 2.45) is 5.73 Å². The minimum Gasteiger partial charge on any atom is -0.486 e. The maximum Gasteiger partial charge on any atom is 0.219 e. The molecule has 5 rings (SSSR count). The Hall–Kier alpha value is -4.15. The first-order valence-corrected chi connectivity index (χ1v) is 11.9. The molecule has 1 atom stereocenters. The van der Waals surface area contributed by atoms with Gasteiger partial charge in [0.2, 0.25) is 11.8 Å². The first-order valence-electron chi connectivity index (χ1n) is 11.9. The van der Waals surface area contributed by atoms with E-state index < -0.39 is 11.4 Å². The number of nitrogens with zero attached hydrogens (tertiary/aromatic N) is 6. The van der Waals surface area contributed by atoms with Crippen LogP contribution >= 0.6 is 0 Å². The summed E-state index contributed by atoms with van der Waals surface area (Å²) in [5.41, 5.74) is 6.09. The number of carbonyl (C=O) groups excluding carboxylic acids is 2. The van der Waals surface area contributed by atoms with Crippen LogP contribution in [-0.4, -0.2) is 74.6 Å². The SMILES string of the molecule is CC(=O)N1CCN(c2cc(-n3ccnc3)ncn2)C(CCc2ccc3c(c2)OCCO3)(CC(N)=O)C1. The molecule has 1 unspecified atom stereocenters. The van der Waals surface area contributed by atoms with E-state index in [0.717, 1.165) is 11.3 Å². The fourth-order valence-electron chi connectivity index (χ4n) is 5.02. The molecular formula is C25H29N7O4. The van der Waals surface area contributed by atoms with Gasteiger partial charge in [0, 0.05) is 45.0 Å². The lowest BCUT2D eigenvalue weighted by Gasteiger charge is -2.51. The molecule has 0 saturated carbocycles. The molecule has 3 aromatic rings. The lowest BCUT2D eigenvalue weighted by molar-refractivity contribution is -0.131. The largest absolute Gasteiger partial charge is 0.486 e. The van der Waals surface area contributed by atoms with Crippen LogP contribution in [0.3, 0.4) is 0 Å². The van der Waals surface area contributed by atoms with Gasteiger partial charge in [-0.25, -0.2) is 15.0 Å². The van der Waals surface area contributed by atoms with Crippen LogP contribution in [0.2, 0.25) is 0 Å². The molecule has 11 nitrogen and oxygen atoms in total. The number of anilines is 1. The number of piperazine rings is 1. The molecule has 1 fully saturated rings. The highest BCUT2D eigenvalue weighted by molar-refractivity contribution is 5.78. The third-order valence-corrected chi connectivity index (χ3v) is 6.77. The zero-order valence-electron chi connectivity index (χ0n) is 20.2. The minimum absolute atomic E-state index is 0.0374. The van der Waals surface area contributed by atoms with E-state index in [1.54, 1.807) is 35.1 Å². The van der Waals surface area contributed by atoms with Gasteiger partial charge in [0.15, 0.2) is 11.5 Å². The molecule has 4 heterocycles. The van der Waals surface area contributed by atoms with Crippen LogP contribution < -0.4 is 20.1 Å². The summed E-state index contributed by atoms with van der Waals surface area (Å²) in [7, 11) is 0. The van der Waals surface area contributed by atoms with Gasteiger partial charge in [-0.1, -0.05) is 6.07 Å². The highest BCUT2D eigenvalue weighted by Crippen LogP contribution is 2.36. The van der Waals surface area contributed by atoms with Crippen molar-refractivity contribution in [3.63, 3.8) is 0 Å². The number of benzene rings is 1. The summed E-state index contributed by atoms with van der Waals surface area (Å²) in [4.78, 5) is 41.7. The molecular weight excluding hydrogens is 462 g/mol. The molecule has 1 saturated heterocycles. The van der Waals surface area contributed by atoms with Crippen LogP contribution in [0.4, 0.5) is 5.82 Å². The molecule has 188 valence electrons. The third kappa shape index (κ3) is 4.81. The zero-order valence-corrected chi connectivity index (χ0v) is 20.2. The van der Waals surface area contributed by atoms with Crippen molar-refractivity contribution in [1.29, 1.82) is 0 Å². The minimum atomic E-state index is -0.746. The molecule has 0 aliphatic carbocycles. The number of hydrogen-bond donors (Lipinski definition) is 1. The number of hydrogen-bond acceptors (Lipinski definition) is 8. The van der Waals surface area contributed by atoms with Crippen LogP contribution in [0, 0.1) is 0 Å². The second-order valence-electron chi connectivity index (χ2n) is 9.14. The third-order valence-electron chi connectivity index (χ3n) is 6.77. The quantitative estimate of drug-likeness (QED) is 0.524. The van der Waals surface area contributed by atoms with Crippen molar-refractivity contribution >= 4 is 17.6 Å². The topological polar surface area (TPSA) is 129 Å². The predicted octanol–water partition coefficient (Wildman–Crippen LogP) is 1.35. The van der Waals surface area contributed by atoms with Crippen molar-refractivity contribution in [1.82, 2.24) is 24.4 Å². The number of rotatable bonds is 7. The molecule has 11 heteroatoms. The molecule has 1 aromatic carbocycles. The Labute approximate surface area is 208 Å². The number of carbonyl (C=O) groups is 2. The van der Waals surface area contributed by atoms with Crippen molar-refractivity contribution in [2.75, 3.05) is 37.7 Å². The number of aromatic nitrogens is 4. The number of ether oxygens (including phenoxy) is 2. The van der Waals surface area contributed by atoms with E-state index in [1.807, 2.05) is 24.3 Å². The van der Waals surface area contributed by atoms with Crippen LogP contribution in [0.1, 0.15) is 25.3 Å². The summed E-state index contributed by atoms with van der Waals surface area (Å²) >= 11 is 0. The summed E-state index contributed by atoms with van der Waals surface area (Å²) in [5.74, 6) is 2.30. The van der Waals surface area contributed by atoms with Crippen molar-refractivity contribution < 1.29 is 19.1 Å². The van der Waals surface area contributed by atoms with Crippen molar-refractivity contribution in [2.45, 2.75) is 31.7 Å².